The van der Waals surface area contributed by atoms with Crippen LogP contribution in [0.4, 0.5) is 4.79 Å². The Kier molecular flexibility index (Phi) is 4.39. The van der Waals surface area contributed by atoms with Gasteiger partial charge in [-0.05, 0) is 58.6 Å². The molecule has 3 rings (SSSR count). The average Bonchev–Trinajstić information content (AvgIpc) is 2.82. The summed E-state index contributed by atoms with van der Waals surface area (Å²) in [5.74, 6) is 0. The largest absolute Gasteiger partial charge is 0.446 e. The molecule has 1 aliphatic carbocycles. The highest BCUT2D eigenvalue weighted by Crippen LogP contribution is 2.31. The molecule has 2 N–H and O–H groups in total. The summed E-state index contributed by atoms with van der Waals surface area (Å²) >= 11 is 0. The second kappa shape index (κ2) is 6.34. The van der Waals surface area contributed by atoms with Gasteiger partial charge in [0.1, 0.15) is 6.10 Å². The van der Waals surface area contributed by atoms with Gasteiger partial charge in [-0.25, -0.2) is 9.59 Å². The number of amides is 1. The molecule has 6 nitrogen and oxygen atoms in total. The van der Waals surface area contributed by atoms with Gasteiger partial charge in [0.15, 0.2) is 0 Å². The topological polar surface area (TPSA) is 76.1 Å². The van der Waals surface area contributed by atoms with E-state index in [2.05, 4.69) is 10.3 Å². The molecule has 0 saturated heterocycles. The quantitative estimate of drug-likeness (QED) is 0.886. The Morgan fingerprint density at radius 3 is 2.54 bits per heavy atom. The van der Waals surface area contributed by atoms with E-state index in [9.17, 15) is 9.59 Å². The van der Waals surface area contributed by atoms with Crippen molar-refractivity contribution in [3.05, 3.63) is 34.7 Å². The predicted octanol–water partition coefficient (Wildman–Crippen LogP) is 3.34. The maximum Gasteiger partial charge on any atom is 0.407 e. The molecule has 0 spiro atoms. The fourth-order valence-corrected chi connectivity index (χ4v) is 3.35. The van der Waals surface area contributed by atoms with Crippen LogP contribution in [0.3, 0.4) is 0 Å². The molecule has 24 heavy (non-hydrogen) atoms. The number of para-hydroxylation sites is 2. The third-order valence-corrected chi connectivity index (χ3v) is 4.38. The lowest BCUT2D eigenvalue weighted by atomic mass is 9.92. The molecular weight excluding hydrogens is 306 g/mol. The Labute approximate surface area is 141 Å². The van der Waals surface area contributed by atoms with Crippen LogP contribution in [0, 0.1) is 0 Å². The lowest BCUT2D eigenvalue weighted by Crippen LogP contribution is -2.42. The minimum atomic E-state index is -0.366. The Hall–Kier alpha value is -2.24. The molecule has 130 valence electrons. The van der Waals surface area contributed by atoms with Gasteiger partial charge in [0.05, 0.1) is 11.0 Å². The van der Waals surface area contributed by atoms with Crippen LogP contribution in [0.5, 0.6) is 0 Å². The van der Waals surface area contributed by atoms with Gasteiger partial charge in [-0.15, -0.1) is 0 Å². The number of hydrogen-bond acceptors (Lipinski definition) is 3. The SMILES string of the molecule is CC(C)(C)NC(=O)OC1CCC(n2c(=O)[nH]c3ccccc32)CC1. The van der Waals surface area contributed by atoms with Crippen molar-refractivity contribution < 1.29 is 9.53 Å². The molecule has 0 aliphatic heterocycles. The lowest BCUT2D eigenvalue weighted by molar-refractivity contribution is 0.0611. The minimum Gasteiger partial charge on any atom is -0.446 e. The Balaban J connectivity index is 1.64. The molecule has 0 radical (unpaired) electrons. The van der Waals surface area contributed by atoms with Crippen LogP contribution in [-0.4, -0.2) is 27.3 Å². The predicted molar refractivity (Wildman–Crippen MR) is 93.2 cm³/mol. The van der Waals surface area contributed by atoms with Crippen LogP contribution in [0.2, 0.25) is 0 Å². The number of hydrogen-bond donors (Lipinski definition) is 2. The molecule has 1 amide bonds. The second-order valence-electron chi connectivity index (χ2n) is 7.53. The van der Waals surface area contributed by atoms with Crippen LogP contribution in [0.15, 0.2) is 29.1 Å². The highest BCUT2D eigenvalue weighted by molar-refractivity contribution is 5.75. The number of aromatic nitrogens is 2. The van der Waals surface area contributed by atoms with E-state index in [0.29, 0.717) is 0 Å². The molecule has 1 saturated carbocycles. The third kappa shape index (κ3) is 3.63. The van der Waals surface area contributed by atoms with Crippen molar-refractivity contribution in [2.45, 2.75) is 64.1 Å². The van der Waals surface area contributed by atoms with Gasteiger partial charge in [0.2, 0.25) is 0 Å². The second-order valence-corrected chi connectivity index (χ2v) is 7.53. The summed E-state index contributed by atoms with van der Waals surface area (Å²) in [6.45, 7) is 5.78. The van der Waals surface area contributed by atoms with E-state index in [1.54, 1.807) is 0 Å². The van der Waals surface area contributed by atoms with Gasteiger partial charge in [0.25, 0.3) is 0 Å². The number of fused-ring (bicyclic) bond motifs is 1. The van der Waals surface area contributed by atoms with Crippen LogP contribution in [-0.2, 0) is 4.74 Å². The van der Waals surface area contributed by atoms with Crippen LogP contribution < -0.4 is 11.0 Å². The van der Waals surface area contributed by atoms with Gasteiger partial charge >= 0.3 is 11.8 Å². The molecule has 0 atom stereocenters. The molecule has 1 fully saturated rings. The number of alkyl carbamates (subject to hydrolysis) is 1. The first-order valence-corrected chi connectivity index (χ1v) is 8.51. The van der Waals surface area contributed by atoms with Crippen molar-refractivity contribution in [2.24, 2.45) is 0 Å². The minimum absolute atomic E-state index is 0.0638. The van der Waals surface area contributed by atoms with Crippen molar-refractivity contribution in [1.29, 1.82) is 0 Å². The van der Waals surface area contributed by atoms with Gasteiger partial charge in [-0.1, -0.05) is 12.1 Å². The first-order valence-electron chi connectivity index (χ1n) is 8.51. The Morgan fingerprint density at radius 2 is 1.88 bits per heavy atom. The van der Waals surface area contributed by atoms with Gasteiger partial charge in [-0.2, -0.15) is 0 Å². The summed E-state index contributed by atoms with van der Waals surface area (Å²) in [5, 5.41) is 2.82. The Bertz CT molecular complexity index is 777. The van der Waals surface area contributed by atoms with E-state index in [-0.39, 0.29) is 29.5 Å². The number of ether oxygens (including phenoxy) is 1. The molecule has 0 bridgehead atoms. The fourth-order valence-electron chi connectivity index (χ4n) is 3.35. The first kappa shape index (κ1) is 16.6. The van der Waals surface area contributed by atoms with E-state index in [1.165, 1.54) is 0 Å². The van der Waals surface area contributed by atoms with Gasteiger partial charge in [-0.3, -0.25) is 4.57 Å². The maximum atomic E-state index is 12.3. The van der Waals surface area contributed by atoms with Crippen LogP contribution in [0.25, 0.3) is 11.0 Å². The molecule has 1 aromatic heterocycles. The summed E-state index contributed by atoms with van der Waals surface area (Å²) in [6, 6.07) is 7.89. The zero-order valence-electron chi connectivity index (χ0n) is 14.5. The number of carbonyl (C=O) groups is 1. The number of imidazole rings is 1. The van der Waals surface area contributed by atoms with Gasteiger partial charge < -0.3 is 15.0 Å². The number of nitrogens with zero attached hydrogens (tertiary/aromatic N) is 1. The van der Waals surface area contributed by atoms with Crippen molar-refractivity contribution in [3.63, 3.8) is 0 Å². The molecule has 6 heteroatoms. The van der Waals surface area contributed by atoms with Crippen LogP contribution >= 0.6 is 0 Å². The van der Waals surface area contributed by atoms with E-state index in [1.807, 2.05) is 49.6 Å². The molecule has 2 aromatic rings. The summed E-state index contributed by atoms with van der Waals surface area (Å²) in [6.07, 6.45) is 2.76. The smallest absolute Gasteiger partial charge is 0.407 e. The number of rotatable bonds is 2. The van der Waals surface area contributed by atoms with Crippen LogP contribution in [0.1, 0.15) is 52.5 Å². The number of benzene rings is 1. The van der Waals surface area contributed by atoms with E-state index >= 15 is 0 Å². The molecule has 1 heterocycles. The lowest BCUT2D eigenvalue weighted by Gasteiger charge is -2.30. The number of carbonyl (C=O) groups excluding carboxylic acids is 1. The summed E-state index contributed by atoms with van der Waals surface area (Å²) in [4.78, 5) is 27.0. The monoisotopic (exact) mass is 331 g/mol. The van der Waals surface area contributed by atoms with Crippen molar-refractivity contribution in [2.75, 3.05) is 0 Å². The maximum absolute atomic E-state index is 12.3. The fraction of sp³-hybridized carbons (Fsp3) is 0.556. The number of H-pyrrole nitrogens is 1. The summed E-state index contributed by atoms with van der Waals surface area (Å²) < 4.78 is 7.35. The highest BCUT2D eigenvalue weighted by atomic mass is 16.6. The standard InChI is InChI=1S/C18H25N3O3/c1-18(2,3)20-17(23)24-13-10-8-12(9-11-13)21-15-7-5-4-6-14(15)19-16(21)22/h4-7,12-13H,8-11H2,1-3H3,(H,19,22)(H,20,23). The third-order valence-electron chi connectivity index (χ3n) is 4.38. The molecule has 1 aromatic carbocycles. The Morgan fingerprint density at radius 1 is 1.21 bits per heavy atom. The van der Waals surface area contributed by atoms with E-state index in [0.717, 1.165) is 36.7 Å². The zero-order valence-corrected chi connectivity index (χ0v) is 14.5. The van der Waals surface area contributed by atoms with Crippen molar-refractivity contribution >= 4 is 17.1 Å². The van der Waals surface area contributed by atoms with E-state index < -0.39 is 0 Å². The normalized spacial score (nSPS) is 21.6. The summed E-state index contributed by atoms with van der Waals surface area (Å²) in [7, 11) is 0. The average molecular weight is 331 g/mol. The summed E-state index contributed by atoms with van der Waals surface area (Å²) in [5.41, 5.74) is 1.44. The number of aromatic amines is 1. The molecule has 1 aliphatic rings. The van der Waals surface area contributed by atoms with Gasteiger partial charge in [0, 0.05) is 11.6 Å². The number of nitrogens with one attached hydrogen (secondary N) is 2. The van der Waals surface area contributed by atoms with E-state index in [4.69, 9.17) is 4.74 Å². The van der Waals surface area contributed by atoms with Crippen molar-refractivity contribution in [1.82, 2.24) is 14.9 Å². The first-order chi connectivity index (χ1) is 11.3. The molecule has 0 unspecified atom stereocenters. The van der Waals surface area contributed by atoms with Crippen molar-refractivity contribution in [3.8, 4) is 0 Å². The highest BCUT2D eigenvalue weighted by Gasteiger charge is 2.27. The molecular formula is C18H25N3O3. The zero-order chi connectivity index (χ0) is 17.3.